The second-order valence-electron chi connectivity index (χ2n) is 10.5. The Bertz CT molecular complexity index is 2030. The molecule has 45 heavy (non-hydrogen) atoms. The first-order chi connectivity index (χ1) is 21.2. The van der Waals surface area contributed by atoms with Gasteiger partial charge in [-0.2, -0.15) is 22.7 Å². The van der Waals surface area contributed by atoms with E-state index in [0.717, 1.165) is 17.0 Å². The van der Waals surface area contributed by atoms with Gasteiger partial charge in [0.25, 0.3) is 11.8 Å². The number of alkyl halides is 6. The van der Waals surface area contributed by atoms with Crippen molar-refractivity contribution in [1.29, 1.82) is 0 Å². The number of amides is 1. The number of ether oxygens (including phenoxy) is 3. The van der Waals surface area contributed by atoms with Gasteiger partial charge in [-0.3, -0.25) is 14.9 Å². The lowest BCUT2D eigenvalue weighted by Gasteiger charge is -2.31. The molecule has 16 heteroatoms. The third-order valence-electron chi connectivity index (χ3n) is 7.18. The van der Waals surface area contributed by atoms with E-state index in [0.29, 0.717) is 23.6 Å². The molecule has 1 amide bonds. The second-order valence-corrected chi connectivity index (χ2v) is 10.5. The van der Waals surface area contributed by atoms with E-state index >= 15 is 0 Å². The lowest BCUT2D eigenvalue weighted by atomic mass is 9.95. The van der Waals surface area contributed by atoms with Gasteiger partial charge in [-0.05, 0) is 42.0 Å². The van der Waals surface area contributed by atoms with Gasteiger partial charge in [-0.25, -0.2) is 13.6 Å². The number of aromatic amines is 2. The van der Waals surface area contributed by atoms with Crippen LogP contribution in [0, 0.1) is 0 Å². The summed E-state index contributed by atoms with van der Waals surface area (Å²) in [6.07, 6.45) is -9.78. The fourth-order valence-electron chi connectivity index (χ4n) is 5.34. The average molecular weight is 632 g/mol. The number of para-hydroxylation sites is 1. The summed E-state index contributed by atoms with van der Waals surface area (Å²) >= 11 is 0. The Hall–Kier alpha value is -5.41. The van der Waals surface area contributed by atoms with Crippen molar-refractivity contribution in [2.75, 3.05) is 6.54 Å². The number of benzene rings is 3. The molecule has 232 valence electrons. The zero-order chi connectivity index (χ0) is 31.9. The van der Waals surface area contributed by atoms with Crippen LogP contribution in [0.25, 0.3) is 22.4 Å². The number of carbonyl (C=O) groups excluding carboxylic acids is 1. The standard InChI is InChI=1S/C29H18F6N4O6/c1-27(30,31)12-39-23(20-21(37-38-22(20)25(39)40)16-3-2-4-17-24(16)43-26(41)36-17)13-5-7-14(8-6-13)42-15-9-10-18-19(11-15)45-29(34,35)28(32,33)44-18/h2-11,23H,12H2,1H3,(H,36,41)(H,37,38). The highest BCUT2D eigenvalue weighted by molar-refractivity contribution is 6.02. The van der Waals surface area contributed by atoms with Gasteiger partial charge in [0.15, 0.2) is 17.1 Å². The van der Waals surface area contributed by atoms with Crippen LogP contribution in [0.5, 0.6) is 23.0 Å². The number of halogens is 6. The Morgan fingerprint density at radius 1 is 0.956 bits per heavy atom. The Morgan fingerprint density at radius 3 is 2.36 bits per heavy atom. The predicted molar refractivity (Wildman–Crippen MR) is 142 cm³/mol. The first kappa shape index (κ1) is 28.4. The van der Waals surface area contributed by atoms with Crippen molar-refractivity contribution in [3.8, 4) is 34.3 Å². The molecule has 1 unspecified atom stereocenters. The maximum atomic E-state index is 14.3. The summed E-state index contributed by atoms with van der Waals surface area (Å²) in [6.45, 7) is -0.249. The quantitative estimate of drug-likeness (QED) is 0.206. The molecule has 3 aromatic carbocycles. The summed E-state index contributed by atoms with van der Waals surface area (Å²) in [5, 5.41) is 6.91. The van der Waals surface area contributed by atoms with Gasteiger partial charge >= 0.3 is 18.0 Å². The van der Waals surface area contributed by atoms with E-state index in [1.54, 1.807) is 18.2 Å². The van der Waals surface area contributed by atoms with Crippen LogP contribution < -0.4 is 20.0 Å². The molecule has 0 aliphatic carbocycles. The zero-order valence-electron chi connectivity index (χ0n) is 22.7. The third kappa shape index (κ3) is 4.72. The summed E-state index contributed by atoms with van der Waals surface area (Å²) in [5.41, 5.74) is 1.71. The normalized spacial score (nSPS) is 18.3. The highest BCUT2D eigenvalue weighted by Crippen LogP contribution is 2.49. The van der Waals surface area contributed by atoms with E-state index in [-0.39, 0.29) is 34.0 Å². The van der Waals surface area contributed by atoms with Gasteiger partial charge < -0.3 is 23.5 Å². The van der Waals surface area contributed by atoms with Crippen molar-refractivity contribution in [2.24, 2.45) is 0 Å². The molecule has 0 saturated carbocycles. The van der Waals surface area contributed by atoms with E-state index in [1.807, 2.05) is 0 Å². The summed E-state index contributed by atoms with van der Waals surface area (Å²) in [6, 6.07) is 12.8. The molecule has 2 aromatic heterocycles. The van der Waals surface area contributed by atoms with Crippen LogP contribution in [0.4, 0.5) is 26.3 Å². The number of carbonyl (C=O) groups is 1. The lowest BCUT2D eigenvalue weighted by Crippen LogP contribution is -2.52. The summed E-state index contributed by atoms with van der Waals surface area (Å²) in [4.78, 5) is 28.8. The van der Waals surface area contributed by atoms with Crippen LogP contribution >= 0.6 is 0 Å². The number of oxazole rings is 1. The molecule has 7 rings (SSSR count). The van der Waals surface area contributed by atoms with Crippen molar-refractivity contribution < 1.29 is 49.8 Å². The Labute approximate surface area is 247 Å². The molecule has 0 radical (unpaired) electrons. The smallest absolute Gasteiger partial charge is 0.457 e. The van der Waals surface area contributed by atoms with Gasteiger partial charge in [0.2, 0.25) is 0 Å². The van der Waals surface area contributed by atoms with Gasteiger partial charge in [-0.15, -0.1) is 0 Å². The van der Waals surface area contributed by atoms with Gasteiger partial charge in [0.1, 0.15) is 22.9 Å². The molecule has 1 atom stereocenters. The van der Waals surface area contributed by atoms with E-state index in [4.69, 9.17) is 9.15 Å². The molecule has 5 aromatic rings. The van der Waals surface area contributed by atoms with Crippen molar-refractivity contribution in [3.05, 3.63) is 88.0 Å². The van der Waals surface area contributed by atoms with Crippen molar-refractivity contribution in [2.45, 2.75) is 31.1 Å². The third-order valence-corrected chi connectivity index (χ3v) is 7.18. The maximum absolute atomic E-state index is 14.3. The molecule has 10 nitrogen and oxygen atoms in total. The fraction of sp³-hybridized carbons (Fsp3) is 0.207. The van der Waals surface area contributed by atoms with Gasteiger partial charge in [0.05, 0.1) is 18.1 Å². The highest BCUT2D eigenvalue weighted by atomic mass is 19.3. The molecule has 0 bridgehead atoms. The number of nitrogens with one attached hydrogen (secondary N) is 2. The van der Waals surface area contributed by atoms with Crippen LogP contribution in [-0.4, -0.2) is 50.7 Å². The van der Waals surface area contributed by atoms with Crippen molar-refractivity contribution >= 4 is 17.0 Å². The first-order valence-corrected chi connectivity index (χ1v) is 13.2. The van der Waals surface area contributed by atoms with Crippen LogP contribution in [0.2, 0.25) is 0 Å². The van der Waals surface area contributed by atoms with Crippen LogP contribution in [-0.2, 0) is 0 Å². The minimum atomic E-state index is -4.91. The topological polar surface area (TPSA) is 123 Å². The molecular formula is C29H18F6N4O6. The number of hydrogen-bond donors (Lipinski definition) is 2. The fourth-order valence-corrected chi connectivity index (χ4v) is 5.34. The van der Waals surface area contributed by atoms with Crippen LogP contribution in [0.15, 0.2) is 69.9 Å². The number of fused-ring (bicyclic) bond motifs is 3. The highest BCUT2D eigenvalue weighted by Gasteiger charge is 2.66. The zero-order valence-corrected chi connectivity index (χ0v) is 22.7. The monoisotopic (exact) mass is 632 g/mol. The molecule has 0 saturated heterocycles. The minimum Gasteiger partial charge on any atom is -0.457 e. The van der Waals surface area contributed by atoms with E-state index in [2.05, 4.69) is 24.7 Å². The van der Waals surface area contributed by atoms with Gasteiger partial charge in [-0.1, -0.05) is 18.2 Å². The van der Waals surface area contributed by atoms with E-state index in [9.17, 15) is 35.9 Å². The second kappa shape index (κ2) is 9.54. The Balaban J connectivity index is 1.24. The molecule has 0 spiro atoms. The SMILES string of the molecule is CC(F)(F)CN1C(=O)c2[nH]nc(-c3cccc4[nH]c(=O)oc34)c2C1c1ccc(Oc2ccc3c(c2)OC(F)(F)C(F)(F)O3)cc1. The van der Waals surface area contributed by atoms with Gasteiger partial charge in [0, 0.05) is 24.1 Å². The Morgan fingerprint density at radius 2 is 1.64 bits per heavy atom. The maximum Gasteiger partial charge on any atom is 0.507 e. The number of H-pyrrole nitrogens is 2. The van der Waals surface area contributed by atoms with Crippen molar-refractivity contribution in [1.82, 2.24) is 20.1 Å². The largest absolute Gasteiger partial charge is 0.507 e. The first-order valence-electron chi connectivity index (χ1n) is 13.2. The molecule has 0 fully saturated rings. The number of aromatic nitrogens is 3. The van der Waals surface area contributed by atoms with Crippen LogP contribution in [0.1, 0.15) is 34.6 Å². The summed E-state index contributed by atoms with van der Waals surface area (Å²) < 4.78 is 102. The van der Waals surface area contributed by atoms with Crippen LogP contribution in [0.3, 0.4) is 0 Å². The van der Waals surface area contributed by atoms with E-state index in [1.165, 1.54) is 30.3 Å². The molecule has 2 N–H and O–H groups in total. The molecular weight excluding hydrogens is 614 g/mol. The summed E-state index contributed by atoms with van der Waals surface area (Å²) in [5.74, 6) is -5.91. The van der Waals surface area contributed by atoms with E-state index < -0.39 is 53.9 Å². The predicted octanol–water partition coefficient (Wildman–Crippen LogP) is 6.46. The number of nitrogens with zero attached hydrogens (tertiary/aromatic N) is 2. The number of hydrogen-bond acceptors (Lipinski definition) is 7. The molecule has 4 heterocycles. The Kier molecular flexibility index (Phi) is 6.02. The molecule has 2 aliphatic heterocycles. The van der Waals surface area contributed by atoms with Crippen molar-refractivity contribution in [3.63, 3.8) is 0 Å². The number of rotatable bonds is 6. The average Bonchev–Trinajstić information content (AvgIpc) is 3.62. The minimum absolute atomic E-state index is 0.0203. The lowest BCUT2D eigenvalue weighted by molar-refractivity contribution is -0.391. The summed E-state index contributed by atoms with van der Waals surface area (Å²) in [7, 11) is 0. The molecule has 2 aliphatic rings.